The van der Waals surface area contributed by atoms with Gasteiger partial charge in [-0.15, -0.1) is 0 Å². The van der Waals surface area contributed by atoms with Gasteiger partial charge in [-0.1, -0.05) is 6.07 Å². The monoisotopic (exact) mass is 332 g/mol. The molecule has 2 N–H and O–H groups in total. The first kappa shape index (κ1) is 17.2. The Balaban J connectivity index is 1.38. The van der Waals surface area contributed by atoms with E-state index in [1.165, 1.54) is 12.8 Å². The van der Waals surface area contributed by atoms with Gasteiger partial charge in [0.15, 0.2) is 0 Å². The average molecular weight is 332 g/mol. The topological polar surface area (TPSA) is 66.5 Å². The number of hydrogen-bond acceptors (Lipinski definition) is 5. The molecule has 0 atom stereocenters. The fourth-order valence-electron chi connectivity index (χ4n) is 3.30. The summed E-state index contributed by atoms with van der Waals surface area (Å²) < 4.78 is 5.36. The molecule has 2 aliphatic rings. The molecular formula is C18H28N4O2. The number of rotatable bonds is 6. The van der Waals surface area contributed by atoms with Crippen LogP contribution in [-0.2, 0) is 16.1 Å². The van der Waals surface area contributed by atoms with Crippen molar-refractivity contribution in [1.29, 1.82) is 0 Å². The van der Waals surface area contributed by atoms with Gasteiger partial charge in [0.2, 0.25) is 5.91 Å². The molecule has 0 aromatic carbocycles. The minimum absolute atomic E-state index is 0.144. The molecule has 6 nitrogen and oxygen atoms in total. The number of piperidine rings is 1. The van der Waals surface area contributed by atoms with Crippen molar-refractivity contribution in [2.24, 2.45) is 5.92 Å². The normalized spacial score (nSPS) is 19.2. The van der Waals surface area contributed by atoms with Crippen molar-refractivity contribution in [2.75, 3.05) is 44.3 Å². The SMILES string of the molecule is O=C(CCC1CCNCC1)NCc1ccc(N2CCOCC2)nc1. The molecule has 0 unspecified atom stereocenters. The van der Waals surface area contributed by atoms with Gasteiger partial charge in [0.05, 0.1) is 13.2 Å². The van der Waals surface area contributed by atoms with E-state index < -0.39 is 0 Å². The highest BCUT2D eigenvalue weighted by Crippen LogP contribution is 2.17. The Morgan fingerprint density at radius 3 is 2.79 bits per heavy atom. The predicted octanol–water partition coefficient (Wildman–Crippen LogP) is 1.31. The van der Waals surface area contributed by atoms with Crippen LogP contribution < -0.4 is 15.5 Å². The first-order chi connectivity index (χ1) is 11.8. The molecule has 0 radical (unpaired) electrons. The van der Waals surface area contributed by atoms with Crippen LogP contribution in [0.2, 0.25) is 0 Å². The highest BCUT2D eigenvalue weighted by molar-refractivity contribution is 5.75. The zero-order chi connectivity index (χ0) is 16.6. The number of nitrogens with zero attached hydrogens (tertiary/aromatic N) is 2. The largest absolute Gasteiger partial charge is 0.378 e. The third-order valence-electron chi connectivity index (χ3n) is 4.87. The summed E-state index contributed by atoms with van der Waals surface area (Å²) in [6.45, 7) is 6.04. The number of amides is 1. The van der Waals surface area contributed by atoms with E-state index in [4.69, 9.17) is 4.74 Å². The first-order valence-corrected chi connectivity index (χ1v) is 9.06. The van der Waals surface area contributed by atoms with Crippen molar-refractivity contribution in [2.45, 2.75) is 32.2 Å². The van der Waals surface area contributed by atoms with E-state index in [1.807, 2.05) is 18.3 Å². The van der Waals surface area contributed by atoms with E-state index in [9.17, 15) is 4.79 Å². The van der Waals surface area contributed by atoms with Gasteiger partial charge >= 0.3 is 0 Å². The zero-order valence-electron chi connectivity index (χ0n) is 14.3. The summed E-state index contributed by atoms with van der Waals surface area (Å²) in [6, 6.07) is 4.08. The number of hydrogen-bond donors (Lipinski definition) is 2. The smallest absolute Gasteiger partial charge is 0.220 e. The summed E-state index contributed by atoms with van der Waals surface area (Å²) in [5.41, 5.74) is 1.04. The number of ether oxygens (including phenoxy) is 1. The Bertz CT molecular complexity index is 508. The molecule has 0 aliphatic carbocycles. The van der Waals surface area contributed by atoms with Crippen LogP contribution in [0.4, 0.5) is 5.82 Å². The van der Waals surface area contributed by atoms with Crippen molar-refractivity contribution < 1.29 is 9.53 Å². The van der Waals surface area contributed by atoms with Gasteiger partial charge in [-0.05, 0) is 49.9 Å². The molecule has 24 heavy (non-hydrogen) atoms. The fraction of sp³-hybridized carbons (Fsp3) is 0.667. The van der Waals surface area contributed by atoms with E-state index in [0.29, 0.717) is 18.9 Å². The lowest BCUT2D eigenvalue weighted by Gasteiger charge is -2.27. The molecule has 0 saturated carbocycles. The second kappa shape index (κ2) is 8.99. The lowest BCUT2D eigenvalue weighted by molar-refractivity contribution is -0.121. The van der Waals surface area contributed by atoms with Crippen molar-refractivity contribution in [3.05, 3.63) is 23.9 Å². The minimum atomic E-state index is 0.144. The van der Waals surface area contributed by atoms with Crippen LogP contribution >= 0.6 is 0 Å². The van der Waals surface area contributed by atoms with E-state index in [2.05, 4.69) is 20.5 Å². The molecule has 1 amide bonds. The van der Waals surface area contributed by atoms with E-state index >= 15 is 0 Å². The van der Waals surface area contributed by atoms with E-state index in [0.717, 1.165) is 57.2 Å². The van der Waals surface area contributed by atoms with Crippen molar-refractivity contribution in [1.82, 2.24) is 15.6 Å². The molecule has 1 aromatic rings. The number of carbonyl (C=O) groups is 1. The Morgan fingerprint density at radius 1 is 1.29 bits per heavy atom. The van der Waals surface area contributed by atoms with Crippen LogP contribution in [-0.4, -0.2) is 50.3 Å². The summed E-state index contributed by atoms with van der Waals surface area (Å²) in [5.74, 6) is 1.83. The summed E-state index contributed by atoms with van der Waals surface area (Å²) in [7, 11) is 0. The Labute approximate surface area is 144 Å². The number of aromatic nitrogens is 1. The predicted molar refractivity (Wildman–Crippen MR) is 93.9 cm³/mol. The molecule has 132 valence electrons. The van der Waals surface area contributed by atoms with Gasteiger partial charge in [-0.2, -0.15) is 0 Å². The molecular weight excluding hydrogens is 304 g/mol. The second-order valence-electron chi connectivity index (χ2n) is 6.63. The van der Waals surface area contributed by atoms with E-state index in [1.54, 1.807) is 0 Å². The number of morpholine rings is 1. The number of carbonyl (C=O) groups excluding carboxylic acids is 1. The van der Waals surface area contributed by atoms with Crippen LogP contribution in [0, 0.1) is 5.92 Å². The molecule has 0 bridgehead atoms. The molecule has 2 saturated heterocycles. The van der Waals surface area contributed by atoms with Gasteiger partial charge in [0, 0.05) is 32.3 Å². The molecule has 1 aromatic heterocycles. The van der Waals surface area contributed by atoms with Gasteiger partial charge in [-0.25, -0.2) is 4.98 Å². The zero-order valence-corrected chi connectivity index (χ0v) is 14.3. The summed E-state index contributed by atoms with van der Waals surface area (Å²) in [5, 5.41) is 6.37. The second-order valence-corrected chi connectivity index (χ2v) is 6.63. The molecule has 3 rings (SSSR count). The first-order valence-electron chi connectivity index (χ1n) is 9.06. The van der Waals surface area contributed by atoms with Crippen molar-refractivity contribution >= 4 is 11.7 Å². The Morgan fingerprint density at radius 2 is 2.08 bits per heavy atom. The van der Waals surface area contributed by atoms with Gasteiger partial charge in [0.1, 0.15) is 5.82 Å². The van der Waals surface area contributed by atoms with Crippen LogP contribution in [0.1, 0.15) is 31.2 Å². The van der Waals surface area contributed by atoms with Crippen LogP contribution in [0.25, 0.3) is 0 Å². The van der Waals surface area contributed by atoms with Crippen LogP contribution in [0.15, 0.2) is 18.3 Å². The average Bonchev–Trinajstić information content (AvgIpc) is 2.67. The molecule has 6 heteroatoms. The van der Waals surface area contributed by atoms with Crippen molar-refractivity contribution in [3.8, 4) is 0 Å². The Kier molecular flexibility index (Phi) is 6.43. The van der Waals surface area contributed by atoms with Gasteiger partial charge in [0.25, 0.3) is 0 Å². The molecule has 3 heterocycles. The van der Waals surface area contributed by atoms with Crippen molar-refractivity contribution in [3.63, 3.8) is 0 Å². The minimum Gasteiger partial charge on any atom is -0.378 e. The number of pyridine rings is 1. The van der Waals surface area contributed by atoms with Crippen LogP contribution in [0.5, 0.6) is 0 Å². The molecule has 2 aliphatic heterocycles. The third-order valence-corrected chi connectivity index (χ3v) is 4.87. The maximum absolute atomic E-state index is 12.0. The quantitative estimate of drug-likeness (QED) is 0.822. The third kappa shape index (κ3) is 5.18. The fourth-order valence-corrected chi connectivity index (χ4v) is 3.30. The Hall–Kier alpha value is -1.66. The molecule has 0 spiro atoms. The highest BCUT2D eigenvalue weighted by Gasteiger charge is 2.15. The standard InChI is InChI=1S/C18H28N4O2/c23-18(4-2-15-5-7-19-8-6-15)21-14-16-1-3-17(20-13-16)22-9-11-24-12-10-22/h1,3,13,15,19H,2,4-12,14H2,(H,21,23). The summed E-state index contributed by atoms with van der Waals surface area (Å²) >= 11 is 0. The molecule has 2 fully saturated rings. The summed E-state index contributed by atoms with van der Waals surface area (Å²) in [4.78, 5) is 18.7. The lowest BCUT2D eigenvalue weighted by Crippen LogP contribution is -2.36. The lowest BCUT2D eigenvalue weighted by atomic mass is 9.93. The van der Waals surface area contributed by atoms with Gasteiger partial charge in [-0.3, -0.25) is 4.79 Å². The highest BCUT2D eigenvalue weighted by atomic mass is 16.5. The summed E-state index contributed by atoms with van der Waals surface area (Å²) in [6.07, 6.45) is 5.88. The van der Waals surface area contributed by atoms with E-state index in [-0.39, 0.29) is 5.91 Å². The number of nitrogens with one attached hydrogen (secondary N) is 2. The van der Waals surface area contributed by atoms with Crippen LogP contribution in [0.3, 0.4) is 0 Å². The van der Waals surface area contributed by atoms with Gasteiger partial charge < -0.3 is 20.3 Å². The number of anilines is 1. The maximum atomic E-state index is 12.0. The maximum Gasteiger partial charge on any atom is 0.220 e.